The molecule has 0 saturated carbocycles. The molecule has 1 aromatic heterocycles. The first-order chi connectivity index (χ1) is 12.4. The zero-order valence-electron chi connectivity index (χ0n) is 15.9. The number of nitrogens with one attached hydrogen (secondary N) is 1. The molecule has 1 saturated heterocycles. The fourth-order valence-corrected chi connectivity index (χ4v) is 4.81. The van der Waals surface area contributed by atoms with E-state index in [0.29, 0.717) is 17.9 Å². The van der Waals surface area contributed by atoms with Crippen molar-refractivity contribution in [3.05, 3.63) is 59.4 Å². The van der Waals surface area contributed by atoms with E-state index in [1.807, 2.05) is 19.1 Å². The van der Waals surface area contributed by atoms with E-state index < -0.39 is 5.60 Å². The van der Waals surface area contributed by atoms with Gasteiger partial charge in [-0.1, -0.05) is 17.7 Å². The van der Waals surface area contributed by atoms with Gasteiger partial charge in [0.25, 0.3) is 0 Å². The van der Waals surface area contributed by atoms with Crippen LogP contribution in [0.2, 0.25) is 0 Å². The van der Waals surface area contributed by atoms with Gasteiger partial charge in [-0.3, -0.25) is 4.98 Å². The van der Waals surface area contributed by atoms with Crippen molar-refractivity contribution in [2.24, 2.45) is 5.92 Å². The Morgan fingerprint density at radius 1 is 1.27 bits per heavy atom. The third-order valence-electron chi connectivity index (χ3n) is 6.22. The smallest absolute Gasteiger partial charge is 0.0873 e. The van der Waals surface area contributed by atoms with Crippen LogP contribution in [-0.2, 0) is 5.60 Å². The van der Waals surface area contributed by atoms with E-state index in [1.165, 1.54) is 16.8 Å². The molecule has 4 heteroatoms. The van der Waals surface area contributed by atoms with Gasteiger partial charge in [0.15, 0.2) is 0 Å². The number of rotatable bonds is 3. The van der Waals surface area contributed by atoms with Gasteiger partial charge >= 0.3 is 0 Å². The molecule has 0 bridgehead atoms. The van der Waals surface area contributed by atoms with Crippen LogP contribution in [0.15, 0.2) is 42.7 Å². The van der Waals surface area contributed by atoms with Crippen molar-refractivity contribution in [3.8, 4) is 0 Å². The van der Waals surface area contributed by atoms with Crippen molar-refractivity contribution in [2.75, 3.05) is 25.5 Å². The molecule has 2 aliphatic rings. The molecule has 4 unspecified atom stereocenters. The predicted octanol–water partition coefficient (Wildman–Crippen LogP) is 3.52. The van der Waals surface area contributed by atoms with Gasteiger partial charge in [-0.15, -0.1) is 0 Å². The number of likely N-dealkylation sites (tertiary alicyclic amines) is 1. The summed E-state index contributed by atoms with van der Waals surface area (Å²) in [6.45, 7) is 6.26. The normalized spacial score (nSPS) is 27.8. The average Bonchev–Trinajstić information content (AvgIpc) is 2.89. The molecule has 0 amide bonds. The van der Waals surface area contributed by atoms with Crippen LogP contribution in [0.5, 0.6) is 0 Å². The summed E-state index contributed by atoms with van der Waals surface area (Å²) < 4.78 is 0. The van der Waals surface area contributed by atoms with E-state index >= 15 is 0 Å². The van der Waals surface area contributed by atoms with Gasteiger partial charge in [0.05, 0.1) is 5.60 Å². The lowest BCUT2D eigenvalue weighted by Crippen LogP contribution is -2.36. The molecule has 26 heavy (non-hydrogen) atoms. The summed E-state index contributed by atoms with van der Waals surface area (Å²) in [5, 5.41) is 15.0. The van der Waals surface area contributed by atoms with E-state index in [9.17, 15) is 5.11 Å². The highest BCUT2D eigenvalue weighted by Gasteiger charge is 2.42. The Morgan fingerprint density at radius 3 is 2.81 bits per heavy atom. The first kappa shape index (κ1) is 17.5. The number of likely N-dealkylation sites (N-methyl/N-ethyl adjacent to an activating group) is 1. The Hall–Kier alpha value is -1.91. The monoisotopic (exact) mass is 351 g/mol. The van der Waals surface area contributed by atoms with Gasteiger partial charge in [0, 0.05) is 36.6 Å². The third kappa shape index (κ3) is 3.24. The largest absolute Gasteiger partial charge is 0.385 e. The SMILES string of the molecule is Cc1ccc2c(c1)C1CN(C)CCC(CC(C)(O)c3ccncc3)C1N2. The Kier molecular flexibility index (Phi) is 4.49. The van der Waals surface area contributed by atoms with E-state index in [2.05, 4.69) is 47.4 Å². The Bertz CT molecular complexity index is 774. The molecule has 4 atom stereocenters. The maximum Gasteiger partial charge on any atom is 0.0873 e. The summed E-state index contributed by atoms with van der Waals surface area (Å²) in [6.07, 6.45) is 5.38. The van der Waals surface area contributed by atoms with Crippen molar-refractivity contribution < 1.29 is 5.11 Å². The van der Waals surface area contributed by atoms with Crippen LogP contribution < -0.4 is 5.32 Å². The average molecular weight is 351 g/mol. The second kappa shape index (κ2) is 6.67. The predicted molar refractivity (Wildman–Crippen MR) is 105 cm³/mol. The number of aliphatic hydroxyl groups is 1. The zero-order valence-corrected chi connectivity index (χ0v) is 15.9. The number of aromatic nitrogens is 1. The molecular formula is C22H29N3O. The number of fused-ring (bicyclic) bond motifs is 3. The fraction of sp³-hybridized carbons (Fsp3) is 0.500. The lowest BCUT2D eigenvalue weighted by atomic mass is 9.78. The highest BCUT2D eigenvalue weighted by Crippen LogP contribution is 2.45. The summed E-state index contributed by atoms with van der Waals surface area (Å²) in [7, 11) is 2.22. The summed E-state index contributed by atoms with van der Waals surface area (Å²) in [5.74, 6) is 0.900. The highest BCUT2D eigenvalue weighted by atomic mass is 16.3. The number of pyridine rings is 1. The van der Waals surface area contributed by atoms with E-state index in [0.717, 1.165) is 31.5 Å². The van der Waals surface area contributed by atoms with Crippen LogP contribution in [0.3, 0.4) is 0 Å². The number of anilines is 1. The van der Waals surface area contributed by atoms with Crippen LogP contribution in [-0.4, -0.2) is 41.2 Å². The first-order valence-electron chi connectivity index (χ1n) is 9.62. The molecule has 0 spiro atoms. The number of hydrogen-bond donors (Lipinski definition) is 2. The molecule has 1 fully saturated rings. The Morgan fingerprint density at radius 2 is 2.04 bits per heavy atom. The maximum atomic E-state index is 11.2. The Labute approximate surface area is 156 Å². The van der Waals surface area contributed by atoms with Crippen LogP contribution >= 0.6 is 0 Å². The lowest BCUT2D eigenvalue weighted by molar-refractivity contribution is 0.0254. The summed E-state index contributed by atoms with van der Waals surface area (Å²) in [5.41, 5.74) is 4.14. The number of nitrogens with zero attached hydrogens (tertiary/aromatic N) is 2. The Balaban J connectivity index is 1.63. The second-order valence-electron chi connectivity index (χ2n) is 8.39. The lowest BCUT2D eigenvalue weighted by Gasteiger charge is -2.33. The molecule has 4 rings (SSSR count). The maximum absolute atomic E-state index is 11.2. The summed E-state index contributed by atoms with van der Waals surface area (Å²) in [6, 6.07) is 11.0. The van der Waals surface area contributed by atoms with E-state index in [4.69, 9.17) is 0 Å². The van der Waals surface area contributed by atoms with Gasteiger partial charge in [-0.2, -0.15) is 0 Å². The number of benzene rings is 1. The minimum absolute atomic E-state index is 0.380. The standard InChI is InChI=1S/C22H29N3O/c1-15-4-5-20-18(12-15)19-14-25(3)11-8-16(21(19)24-20)13-22(2,26)17-6-9-23-10-7-17/h4-7,9-10,12,16,19,21,24,26H,8,11,13-14H2,1-3H3. The van der Waals surface area contributed by atoms with Gasteiger partial charge in [0.2, 0.25) is 0 Å². The molecule has 2 aliphatic heterocycles. The topological polar surface area (TPSA) is 48.4 Å². The fourth-order valence-electron chi connectivity index (χ4n) is 4.81. The first-order valence-corrected chi connectivity index (χ1v) is 9.62. The van der Waals surface area contributed by atoms with Crippen LogP contribution in [0.1, 0.15) is 42.4 Å². The van der Waals surface area contributed by atoms with Crippen LogP contribution in [0.4, 0.5) is 5.69 Å². The molecule has 2 N–H and O–H groups in total. The number of hydrogen-bond acceptors (Lipinski definition) is 4. The van der Waals surface area contributed by atoms with E-state index in [1.54, 1.807) is 12.4 Å². The molecule has 2 aromatic rings. The molecule has 1 aromatic carbocycles. The molecule has 0 radical (unpaired) electrons. The summed E-state index contributed by atoms with van der Waals surface area (Å²) in [4.78, 5) is 6.53. The zero-order chi connectivity index (χ0) is 18.3. The van der Waals surface area contributed by atoms with Crippen molar-refractivity contribution >= 4 is 5.69 Å². The summed E-state index contributed by atoms with van der Waals surface area (Å²) >= 11 is 0. The van der Waals surface area contributed by atoms with Crippen LogP contribution in [0, 0.1) is 12.8 Å². The molecule has 0 aliphatic carbocycles. The molecule has 3 heterocycles. The van der Waals surface area contributed by atoms with Gasteiger partial charge in [-0.25, -0.2) is 0 Å². The molecule has 4 nitrogen and oxygen atoms in total. The minimum atomic E-state index is -0.840. The quantitative estimate of drug-likeness (QED) is 0.888. The molecular weight excluding hydrogens is 322 g/mol. The minimum Gasteiger partial charge on any atom is -0.385 e. The molecule has 138 valence electrons. The number of aryl methyl sites for hydroxylation is 1. The van der Waals surface area contributed by atoms with Crippen molar-refractivity contribution in [1.82, 2.24) is 9.88 Å². The van der Waals surface area contributed by atoms with Gasteiger partial charge in [0.1, 0.15) is 0 Å². The highest BCUT2D eigenvalue weighted by molar-refractivity contribution is 5.61. The van der Waals surface area contributed by atoms with Crippen molar-refractivity contribution in [2.45, 2.75) is 44.2 Å². The second-order valence-corrected chi connectivity index (χ2v) is 8.39. The van der Waals surface area contributed by atoms with Crippen molar-refractivity contribution in [1.29, 1.82) is 0 Å². The van der Waals surface area contributed by atoms with Gasteiger partial charge in [-0.05, 0) is 75.5 Å². The third-order valence-corrected chi connectivity index (χ3v) is 6.22. The van der Waals surface area contributed by atoms with Crippen molar-refractivity contribution in [3.63, 3.8) is 0 Å². The van der Waals surface area contributed by atoms with Gasteiger partial charge < -0.3 is 15.3 Å². The van der Waals surface area contributed by atoms with E-state index in [-0.39, 0.29) is 0 Å². The van der Waals surface area contributed by atoms with Crippen LogP contribution in [0.25, 0.3) is 0 Å².